The third kappa shape index (κ3) is 2.32. The number of amides is 1. The molecule has 0 aliphatic carbocycles. The van der Waals surface area contributed by atoms with Crippen molar-refractivity contribution in [2.24, 2.45) is 0 Å². The van der Waals surface area contributed by atoms with Crippen molar-refractivity contribution in [2.75, 3.05) is 0 Å². The van der Waals surface area contributed by atoms with Gasteiger partial charge in [-0.2, -0.15) is 0 Å². The van der Waals surface area contributed by atoms with E-state index in [2.05, 4.69) is 0 Å². The first kappa shape index (κ1) is 12.4. The number of thioether (sulfide) groups is 1. The molecule has 17 heavy (non-hydrogen) atoms. The third-order valence-corrected chi connectivity index (χ3v) is 4.25. The predicted molar refractivity (Wildman–Crippen MR) is 68.2 cm³/mol. The van der Waals surface area contributed by atoms with Gasteiger partial charge in [-0.3, -0.25) is 4.79 Å². The van der Waals surface area contributed by atoms with Gasteiger partial charge in [-0.1, -0.05) is 12.1 Å². The van der Waals surface area contributed by atoms with Gasteiger partial charge in [0.1, 0.15) is 11.2 Å². The average Bonchev–Trinajstić information content (AvgIpc) is 2.55. The lowest BCUT2D eigenvalue weighted by Crippen LogP contribution is -2.36. The van der Waals surface area contributed by atoms with Crippen LogP contribution in [0.5, 0.6) is 0 Å². The van der Waals surface area contributed by atoms with Crippen LogP contribution in [0, 0.1) is 5.82 Å². The second kappa shape index (κ2) is 4.69. The van der Waals surface area contributed by atoms with E-state index in [1.54, 1.807) is 17.8 Å². The minimum atomic E-state index is -0.251. The molecule has 2 atom stereocenters. The monoisotopic (exact) mass is 253 g/mol. The molecule has 1 aliphatic heterocycles. The van der Waals surface area contributed by atoms with Crippen molar-refractivity contribution in [1.29, 1.82) is 0 Å². The van der Waals surface area contributed by atoms with Crippen molar-refractivity contribution in [1.82, 2.24) is 4.90 Å². The molecule has 0 spiro atoms. The van der Waals surface area contributed by atoms with Gasteiger partial charge in [0.15, 0.2) is 0 Å². The van der Waals surface area contributed by atoms with Crippen LogP contribution in [0.4, 0.5) is 4.39 Å². The van der Waals surface area contributed by atoms with E-state index in [1.165, 1.54) is 12.1 Å². The number of carbonyl (C=O) groups excluding carboxylic acids is 1. The normalized spacial score (nSPS) is 24.8. The van der Waals surface area contributed by atoms with Gasteiger partial charge in [-0.15, -0.1) is 11.8 Å². The summed E-state index contributed by atoms with van der Waals surface area (Å²) in [5, 5.41) is -0.112. The van der Waals surface area contributed by atoms with Gasteiger partial charge >= 0.3 is 0 Å². The summed E-state index contributed by atoms with van der Waals surface area (Å²) in [6, 6.07) is 6.64. The maximum Gasteiger partial charge on any atom is 0.236 e. The summed E-state index contributed by atoms with van der Waals surface area (Å²) in [5.41, 5.74) is 0.862. The highest BCUT2D eigenvalue weighted by Crippen LogP contribution is 2.43. The Kier molecular flexibility index (Phi) is 3.43. The SMILES string of the molecule is CC(C)N1C(=O)[C@H](C)S[C@H]1c1cccc(F)c1. The van der Waals surface area contributed by atoms with E-state index >= 15 is 0 Å². The molecule has 1 heterocycles. The molecule has 0 saturated carbocycles. The standard InChI is InChI=1S/C13H16FNOS/c1-8(2)15-12(16)9(3)17-13(15)10-5-4-6-11(14)7-10/h4-9,13H,1-3H3/t9-,13-/m0/s1. The van der Waals surface area contributed by atoms with E-state index in [0.717, 1.165) is 5.56 Å². The van der Waals surface area contributed by atoms with Crippen LogP contribution in [-0.2, 0) is 4.79 Å². The lowest BCUT2D eigenvalue weighted by molar-refractivity contribution is -0.131. The highest BCUT2D eigenvalue weighted by Gasteiger charge is 2.39. The Morgan fingerprint density at radius 1 is 1.41 bits per heavy atom. The predicted octanol–water partition coefficient (Wildman–Crippen LogP) is 3.20. The van der Waals surface area contributed by atoms with Crippen molar-refractivity contribution in [3.8, 4) is 0 Å². The van der Waals surface area contributed by atoms with Crippen LogP contribution in [0.15, 0.2) is 24.3 Å². The van der Waals surface area contributed by atoms with Gasteiger partial charge in [0.05, 0.1) is 5.25 Å². The lowest BCUT2D eigenvalue weighted by Gasteiger charge is -2.28. The summed E-state index contributed by atoms with van der Waals surface area (Å²) in [6.45, 7) is 5.88. The Labute approximate surface area is 105 Å². The highest BCUT2D eigenvalue weighted by atomic mass is 32.2. The summed E-state index contributed by atoms with van der Waals surface area (Å²) in [7, 11) is 0. The molecule has 1 aliphatic rings. The third-order valence-electron chi connectivity index (χ3n) is 2.88. The molecule has 0 unspecified atom stereocenters. The largest absolute Gasteiger partial charge is 0.323 e. The molecule has 0 radical (unpaired) electrons. The first-order chi connectivity index (χ1) is 8.00. The molecule has 1 fully saturated rings. The topological polar surface area (TPSA) is 20.3 Å². The molecule has 0 bridgehead atoms. The summed E-state index contributed by atoms with van der Waals surface area (Å²) in [4.78, 5) is 13.9. The fraction of sp³-hybridized carbons (Fsp3) is 0.462. The molecular formula is C13H16FNOS. The van der Waals surface area contributed by atoms with Crippen molar-refractivity contribution in [2.45, 2.75) is 37.4 Å². The Morgan fingerprint density at radius 3 is 2.71 bits per heavy atom. The second-order valence-electron chi connectivity index (χ2n) is 4.52. The Bertz CT molecular complexity index is 435. The summed E-state index contributed by atoms with van der Waals surface area (Å²) in [6.07, 6.45) is 0. The summed E-state index contributed by atoms with van der Waals surface area (Å²) < 4.78 is 13.2. The molecule has 0 aromatic heterocycles. The fourth-order valence-electron chi connectivity index (χ4n) is 2.07. The van der Waals surface area contributed by atoms with E-state index in [0.29, 0.717) is 0 Å². The number of carbonyl (C=O) groups is 1. The molecule has 1 aromatic carbocycles. The van der Waals surface area contributed by atoms with E-state index in [1.807, 2.05) is 31.7 Å². The summed E-state index contributed by atoms with van der Waals surface area (Å²) in [5.74, 6) is -0.113. The van der Waals surface area contributed by atoms with Crippen LogP contribution >= 0.6 is 11.8 Å². The molecular weight excluding hydrogens is 237 g/mol. The number of hydrogen-bond donors (Lipinski definition) is 0. The molecule has 2 nitrogen and oxygen atoms in total. The lowest BCUT2D eigenvalue weighted by atomic mass is 10.1. The maximum absolute atomic E-state index is 13.2. The Balaban J connectivity index is 2.34. The van der Waals surface area contributed by atoms with Crippen molar-refractivity contribution < 1.29 is 9.18 Å². The maximum atomic E-state index is 13.2. The van der Waals surface area contributed by atoms with Crippen LogP contribution < -0.4 is 0 Å². The molecule has 1 amide bonds. The number of rotatable bonds is 2. The first-order valence-corrected chi connectivity index (χ1v) is 6.68. The molecule has 1 aromatic rings. The Hall–Kier alpha value is -1.03. The highest BCUT2D eigenvalue weighted by molar-refractivity contribution is 8.01. The average molecular weight is 253 g/mol. The molecule has 2 rings (SSSR count). The second-order valence-corrected chi connectivity index (χ2v) is 5.95. The summed E-state index contributed by atoms with van der Waals surface area (Å²) >= 11 is 1.58. The van der Waals surface area contributed by atoms with Crippen LogP contribution in [0.1, 0.15) is 31.7 Å². The van der Waals surface area contributed by atoms with Gasteiger partial charge in [0.25, 0.3) is 0 Å². The van der Waals surface area contributed by atoms with E-state index < -0.39 is 0 Å². The number of hydrogen-bond acceptors (Lipinski definition) is 2. The molecule has 1 saturated heterocycles. The first-order valence-electron chi connectivity index (χ1n) is 5.74. The number of nitrogens with zero attached hydrogens (tertiary/aromatic N) is 1. The van der Waals surface area contributed by atoms with Crippen molar-refractivity contribution in [3.05, 3.63) is 35.6 Å². The van der Waals surface area contributed by atoms with Crippen molar-refractivity contribution >= 4 is 17.7 Å². The number of benzene rings is 1. The van der Waals surface area contributed by atoms with Crippen LogP contribution in [-0.4, -0.2) is 22.1 Å². The fourth-order valence-corrected chi connectivity index (χ4v) is 3.47. The van der Waals surface area contributed by atoms with Gasteiger partial charge in [0, 0.05) is 6.04 Å². The van der Waals surface area contributed by atoms with Crippen LogP contribution in [0.3, 0.4) is 0 Å². The zero-order valence-corrected chi connectivity index (χ0v) is 11.0. The number of halogens is 1. The van der Waals surface area contributed by atoms with Crippen molar-refractivity contribution in [3.63, 3.8) is 0 Å². The van der Waals surface area contributed by atoms with E-state index in [4.69, 9.17) is 0 Å². The Morgan fingerprint density at radius 2 is 2.12 bits per heavy atom. The molecule has 92 valence electrons. The minimum absolute atomic E-state index is 0.0503. The van der Waals surface area contributed by atoms with Crippen LogP contribution in [0.25, 0.3) is 0 Å². The van der Waals surface area contributed by atoms with Gasteiger partial charge in [-0.05, 0) is 38.5 Å². The molecule has 4 heteroatoms. The van der Waals surface area contributed by atoms with Crippen LogP contribution in [0.2, 0.25) is 0 Å². The zero-order chi connectivity index (χ0) is 12.6. The quantitative estimate of drug-likeness (QED) is 0.806. The van der Waals surface area contributed by atoms with Gasteiger partial charge < -0.3 is 4.90 Å². The van der Waals surface area contributed by atoms with Gasteiger partial charge in [-0.25, -0.2) is 4.39 Å². The zero-order valence-electron chi connectivity index (χ0n) is 10.2. The molecule has 0 N–H and O–H groups in total. The van der Waals surface area contributed by atoms with E-state index in [9.17, 15) is 9.18 Å². The smallest absolute Gasteiger partial charge is 0.236 e. The minimum Gasteiger partial charge on any atom is -0.323 e. The van der Waals surface area contributed by atoms with Gasteiger partial charge in [0.2, 0.25) is 5.91 Å². The van der Waals surface area contributed by atoms with E-state index in [-0.39, 0.29) is 28.4 Å².